The summed E-state index contributed by atoms with van der Waals surface area (Å²) >= 11 is 5.77. The van der Waals surface area contributed by atoms with Gasteiger partial charge in [-0.05, 0) is 37.6 Å². The molecule has 0 fully saturated rings. The third-order valence-corrected chi connectivity index (χ3v) is 3.13. The van der Waals surface area contributed by atoms with E-state index in [9.17, 15) is 9.59 Å². The second-order valence-corrected chi connectivity index (χ2v) is 5.07. The molecule has 2 N–H and O–H groups in total. The Bertz CT molecular complexity index is 662. The second kappa shape index (κ2) is 6.45. The number of carbonyl (C=O) groups excluding carboxylic acids is 2. The van der Waals surface area contributed by atoms with Gasteiger partial charge in [-0.2, -0.15) is 0 Å². The zero-order valence-electron chi connectivity index (χ0n) is 11.7. The summed E-state index contributed by atoms with van der Waals surface area (Å²) in [4.78, 5) is 23.6. The highest BCUT2D eigenvalue weighted by Crippen LogP contribution is 2.13. The van der Waals surface area contributed by atoms with E-state index in [4.69, 9.17) is 16.0 Å². The second-order valence-electron chi connectivity index (χ2n) is 4.63. The molecule has 0 unspecified atom stereocenters. The maximum atomic E-state index is 11.9. The first kappa shape index (κ1) is 15.1. The van der Waals surface area contributed by atoms with Gasteiger partial charge in [-0.3, -0.25) is 20.4 Å². The van der Waals surface area contributed by atoms with Crippen molar-refractivity contribution >= 4 is 23.4 Å². The number of amides is 2. The van der Waals surface area contributed by atoms with E-state index < -0.39 is 5.91 Å². The van der Waals surface area contributed by atoms with Crippen LogP contribution in [0.1, 0.15) is 27.4 Å². The Hall–Kier alpha value is -2.27. The van der Waals surface area contributed by atoms with Crippen molar-refractivity contribution in [2.24, 2.45) is 0 Å². The summed E-state index contributed by atoms with van der Waals surface area (Å²) in [6, 6.07) is 8.55. The average Bonchev–Trinajstić information content (AvgIpc) is 2.78. The van der Waals surface area contributed by atoms with Crippen molar-refractivity contribution in [1.29, 1.82) is 0 Å². The predicted octanol–water partition coefficient (Wildman–Crippen LogP) is 2.55. The molecular weight excluding hydrogens is 292 g/mol. The molecule has 0 spiro atoms. The van der Waals surface area contributed by atoms with Gasteiger partial charge in [-0.25, -0.2) is 0 Å². The maximum absolute atomic E-state index is 11.9. The van der Waals surface area contributed by atoms with Gasteiger partial charge < -0.3 is 4.42 Å². The summed E-state index contributed by atoms with van der Waals surface area (Å²) in [5, 5.41) is 0.610. The monoisotopic (exact) mass is 306 g/mol. The number of hydrazine groups is 1. The van der Waals surface area contributed by atoms with Crippen LogP contribution in [0, 0.1) is 13.8 Å². The molecule has 0 aliphatic heterocycles. The average molecular weight is 307 g/mol. The Morgan fingerprint density at radius 1 is 1.14 bits per heavy atom. The normalized spacial score (nSPS) is 10.2. The third-order valence-electron chi connectivity index (χ3n) is 2.88. The Kier molecular flexibility index (Phi) is 4.65. The van der Waals surface area contributed by atoms with Gasteiger partial charge in [0.2, 0.25) is 5.91 Å². The SMILES string of the molecule is Cc1cc(C(=O)NNC(=O)Cc2ccc(Cl)cc2)c(C)o1. The molecule has 0 saturated heterocycles. The van der Waals surface area contributed by atoms with E-state index in [-0.39, 0.29) is 12.3 Å². The first-order valence-electron chi connectivity index (χ1n) is 6.36. The predicted molar refractivity (Wildman–Crippen MR) is 78.9 cm³/mol. The van der Waals surface area contributed by atoms with Crippen LogP contribution < -0.4 is 10.9 Å². The number of hydrogen-bond acceptors (Lipinski definition) is 3. The van der Waals surface area contributed by atoms with Gasteiger partial charge in [-0.15, -0.1) is 0 Å². The van der Waals surface area contributed by atoms with Crippen LogP contribution in [0.25, 0.3) is 0 Å². The Morgan fingerprint density at radius 3 is 2.38 bits per heavy atom. The van der Waals surface area contributed by atoms with Crippen LogP contribution in [-0.4, -0.2) is 11.8 Å². The molecule has 0 saturated carbocycles. The summed E-state index contributed by atoms with van der Waals surface area (Å²) in [6.07, 6.45) is 0.154. The number of aryl methyl sites for hydroxylation is 2. The van der Waals surface area contributed by atoms with E-state index >= 15 is 0 Å². The molecule has 2 aromatic rings. The fourth-order valence-corrected chi connectivity index (χ4v) is 2.01. The van der Waals surface area contributed by atoms with Crippen molar-refractivity contribution in [2.45, 2.75) is 20.3 Å². The summed E-state index contributed by atoms with van der Waals surface area (Å²) in [5.41, 5.74) is 5.94. The van der Waals surface area contributed by atoms with E-state index in [1.165, 1.54) is 0 Å². The quantitative estimate of drug-likeness (QED) is 0.856. The van der Waals surface area contributed by atoms with Gasteiger partial charge in [0.05, 0.1) is 12.0 Å². The Labute approximate surface area is 127 Å². The van der Waals surface area contributed by atoms with Gasteiger partial charge in [0, 0.05) is 5.02 Å². The van der Waals surface area contributed by atoms with Crippen LogP contribution in [0.15, 0.2) is 34.7 Å². The lowest BCUT2D eigenvalue weighted by Gasteiger charge is -2.07. The number of halogens is 1. The molecule has 1 heterocycles. The standard InChI is InChI=1S/C15H15ClN2O3/c1-9-7-13(10(2)21-9)15(20)18-17-14(19)8-11-3-5-12(16)6-4-11/h3-7H,8H2,1-2H3,(H,17,19)(H,18,20). The smallest absolute Gasteiger partial charge is 0.273 e. The zero-order chi connectivity index (χ0) is 15.4. The largest absolute Gasteiger partial charge is 0.466 e. The molecule has 2 rings (SSSR count). The van der Waals surface area contributed by atoms with Crippen LogP contribution in [-0.2, 0) is 11.2 Å². The molecule has 0 atom stereocenters. The zero-order valence-corrected chi connectivity index (χ0v) is 12.5. The van der Waals surface area contributed by atoms with Gasteiger partial charge in [0.1, 0.15) is 11.5 Å². The highest BCUT2D eigenvalue weighted by Gasteiger charge is 2.14. The van der Waals surface area contributed by atoms with Crippen molar-refractivity contribution in [2.75, 3.05) is 0 Å². The molecule has 2 amide bonds. The minimum atomic E-state index is -0.409. The van der Waals surface area contributed by atoms with Crippen molar-refractivity contribution in [3.63, 3.8) is 0 Å². The van der Waals surface area contributed by atoms with E-state index in [0.29, 0.717) is 22.1 Å². The highest BCUT2D eigenvalue weighted by molar-refractivity contribution is 6.30. The van der Waals surface area contributed by atoms with Crippen LogP contribution >= 0.6 is 11.6 Å². The van der Waals surface area contributed by atoms with Crippen LogP contribution in [0.4, 0.5) is 0 Å². The summed E-state index contributed by atoms with van der Waals surface area (Å²) in [6.45, 7) is 3.44. The maximum Gasteiger partial charge on any atom is 0.273 e. The fourth-order valence-electron chi connectivity index (χ4n) is 1.88. The third kappa shape index (κ3) is 4.10. The molecule has 1 aromatic carbocycles. The van der Waals surface area contributed by atoms with Gasteiger partial charge in [0.25, 0.3) is 5.91 Å². The van der Waals surface area contributed by atoms with Crippen molar-refractivity contribution in [3.05, 3.63) is 58.0 Å². The van der Waals surface area contributed by atoms with Crippen molar-refractivity contribution < 1.29 is 14.0 Å². The molecule has 5 nitrogen and oxygen atoms in total. The van der Waals surface area contributed by atoms with Gasteiger partial charge in [0.15, 0.2) is 0 Å². The fraction of sp³-hybridized carbons (Fsp3) is 0.200. The minimum Gasteiger partial charge on any atom is -0.466 e. The van der Waals surface area contributed by atoms with Crippen LogP contribution in [0.5, 0.6) is 0 Å². The van der Waals surface area contributed by atoms with Crippen molar-refractivity contribution in [1.82, 2.24) is 10.9 Å². The summed E-state index contributed by atoms with van der Waals surface area (Å²) in [5.74, 6) is 0.430. The highest BCUT2D eigenvalue weighted by atomic mass is 35.5. The Morgan fingerprint density at radius 2 is 1.81 bits per heavy atom. The number of hydrogen-bond donors (Lipinski definition) is 2. The topological polar surface area (TPSA) is 71.3 Å². The molecule has 0 radical (unpaired) electrons. The van der Waals surface area contributed by atoms with Crippen LogP contribution in [0.3, 0.4) is 0 Å². The lowest BCUT2D eigenvalue weighted by Crippen LogP contribution is -2.42. The lowest BCUT2D eigenvalue weighted by atomic mass is 10.1. The number of carbonyl (C=O) groups is 2. The van der Waals surface area contributed by atoms with Crippen molar-refractivity contribution in [3.8, 4) is 0 Å². The first-order valence-corrected chi connectivity index (χ1v) is 6.74. The number of nitrogens with one attached hydrogen (secondary N) is 2. The molecule has 6 heteroatoms. The van der Waals surface area contributed by atoms with E-state index in [1.54, 1.807) is 44.2 Å². The molecule has 1 aromatic heterocycles. The first-order chi connectivity index (χ1) is 9.95. The molecule has 110 valence electrons. The molecule has 0 bridgehead atoms. The van der Waals surface area contributed by atoms with Crippen LogP contribution in [0.2, 0.25) is 5.02 Å². The molecule has 0 aliphatic carbocycles. The molecule has 0 aliphatic rings. The summed E-state index contributed by atoms with van der Waals surface area (Å²) in [7, 11) is 0. The van der Waals surface area contributed by atoms with E-state index in [0.717, 1.165) is 5.56 Å². The molecule has 21 heavy (non-hydrogen) atoms. The summed E-state index contributed by atoms with van der Waals surface area (Å²) < 4.78 is 5.26. The van der Waals surface area contributed by atoms with Gasteiger partial charge in [-0.1, -0.05) is 23.7 Å². The lowest BCUT2D eigenvalue weighted by molar-refractivity contribution is -0.121. The number of benzene rings is 1. The Balaban J connectivity index is 1.88. The molecular formula is C15H15ClN2O3. The number of rotatable bonds is 3. The van der Waals surface area contributed by atoms with E-state index in [2.05, 4.69) is 10.9 Å². The number of furan rings is 1. The van der Waals surface area contributed by atoms with E-state index in [1.807, 2.05) is 0 Å². The van der Waals surface area contributed by atoms with Gasteiger partial charge >= 0.3 is 0 Å². The minimum absolute atomic E-state index is 0.154.